The summed E-state index contributed by atoms with van der Waals surface area (Å²) in [6, 6.07) is 4.18. The molecule has 0 unspecified atom stereocenters. The van der Waals surface area contributed by atoms with Crippen LogP contribution in [0.25, 0.3) is 11.2 Å². The van der Waals surface area contributed by atoms with E-state index in [0.717, 1.165) is 24.2 Å². The molecule has 1 aliphatic heterocycles. The Morgan fingerprint density at radius 3 is 2.57 bits per heavy atom. The van der Waals surface area contributed by atoms with Gasteiger partial charge < -0.3 is 9.47 Å². The van der Waals surface area contributed by atoms with Crippen LogP contribution in [0.2, 0.25) is 0 Å². The van der Waals surface area contributed by atoms with Crippen LogP contribution in [0.4, 0.5) is 0 Å². The summed E-state index contributed by atoms with van der Waals surface area (Å²) < 4.78 is 3.90. The smallest absolute Gasteiger partial charge is 0.332 e. The van der Waals surface area contributed by atoms with Crippen LogP contribution in [0.5, 0.6) is 0 Å². The average molecular weight is 402 g/mol. The zero-order valence-electron chi connectivity index (χ0n) is 15.9. The van der Waals surface area contributed by atoms with Crippen molar-refractivity contribution in [1.82, 2.24) is 28.5 Å². The van der Waals surface area contributed by atoms with Gasteiger partial charge in [0.25, 0.3) is 5.56 Å². The largest absolute Gasteiger partial charge is 0.339 e. The first-order chi connectivity index (χ1) is 13.5. The van der Waals surface area contributed by atoms with Crippen LogP contribution in [0.3, 0.4) is 0 Å². The predicted octanol–water partition coefficient (Wildman–Crippen LogP) is -0.160. The Morgan fingerprint density at radius 2 is 1.89 bits per heavy atom. The fraction of sp³-hybridized carbons (Fsp3) is 0.444. The topological polar surface area (TPSA) is 85.4 Å². The summed E-state index contributed by atoms with van der Waals surface area (Å²) in [7, 11) is 2.99. The predicted molar refractivity (Wildman–Crippen MR) is 106 cm³/mol. The molecule has 0 aliphatic carbocycles. The second-order valence-corrected chi connectivity index (χ2v) is 8.02. The van der Waals surface area contributed by atoms with Gasteiger partial charge in [-0.25, -0.2) is 9.78 Å². The second kappa shape index (κ2) is 7.36. The number of aryl methyl sites for hydroxylation is 1. The standard InChI is InChI=1S/C18H22N6O3S/c1-20-16-15(17(26)21(2)18(20)27)24(12-19-16)11-14(25)23-7-5-22(6-8-23)10-13-4-3-9-28-13/h3-4,9,12H,5-8,10-11H2,1-2H3. The lowest BCUT2D eigenvalue weighted by atomic mass is 10.3. The van der Waals surface area contributed by atoms with Crippen molar-refractivity contribution in [2.45, 2.75) is 13.1 Å². The van der Waals surface area contributed by atoms with Crippen LogP contribution in [0.15, 0.2) is 33.4 Å². The summed E-state index contributed by atoms with van der Waals surface area (Å²) in [5.74, 6) is -0.0500. The maximum absolute atomic E-state index is 12.8. The molecule has 0 aromatic carbocycles. The van der Waals surface area contributed by atoms with Gasteiger partial charge in [0.15, 0.2) is 11.2 Å². The van der Waals surface area contributed by atoms with Crippen LogP contribution in [-0.4, -0.2) is 60.6 Å². The summed E-state index contributed by atoms with van der Waals surface area (Å²) in [5.41, 5.74) is -0.309. The van der Waals surface area contributed by atoms with Crippen LogP contribution in [-0.2, 0) is 32.0 Å². The molecule has 28 heavy (non-hydrogen) atoms. The van der Waals surface area contributed by atoms with E-state index in [1.807, 2.05) is 4.90 Å². The Balaban J connectivity index is 1.46. The van der Waals surface area contributed by atoms with Gasteiger partial charge in [0.1, 0.15) is 6.54 Å². The molecule has 0 spiro atoms. The highest BCUT2D eigenvalue weighted by molar-refractivity contribution is 7.09. The van der Waals surface area contributed by atoms with Gasteiger partial charge in [-0.15, -0.1) is 11.3 Å². The highest BCUT2D eigenvalue weighted by atomic mass is 32.1. The van der Waals surface area contributed by atoms with E-state index in [1.54, 1.807) is 18.4 Å². The number of hydrogen-bond acceptors (Lipinski definition) is 6. The number of nitrogens with zero attached hydrogens (tertiary/aromatic N) is 6. The molecule has 10 heteroatoms. The maximum Gasteiger partial charge on any atom is 0.332 e. The highest BCUT2D eigenvalue weighted by Crippen LogP contribution is 2.14. The first-order valence-electron chi connectivity index (χ1n) is 9.09. The molecule has 3 aromatic rings. The molecule has 1 saturated heterocycles. The highest BCUT2D eigenvalue weighted by Gasteiger charge is 2.23. The summed E-state index contributed by atoms with van der Waals surface area (Å²) in [6.45, 7) is 3.92. The fourth-order valence-electron chi connectivity index (χ4n) is 3.54. The van der Waals surface area contributed by atoms with Crippen molar-refractivity contribution < 1.29 is 4.79 Å². The normalized spacial score (nSPS) is 15.4. The fourth-order valence-corrected chi connectivity index (χ4v) is 4.29. The third-order valence-electron chi connectivity index (χ3n) is 5.21. The van der Waals surface area contributed by atoms with E-state index in [1.165, 1.54) is 27.4 Å². The average Bonchev–Trinajstić information content (AvgIpc) is 3.35. The molecule has 3 aromatic heterocycles. The molecule has 0 radical (unpaired) electrons. The van der Waals surface area contributed by atoms with Gasteiger partial charge in [-0.3, -0.25) is 23.6 Å². The summed E-state index contributed by atoms with van der Waals surface area (Å²) in [4.78, 5) is 46.9. The summed E-state index contributed by atoms with van der Waals surface area (Å²) in [5, 5.41) is 2.07. The number of hydrogen-bond donors (Lipinski definition) is 0. The van der Waals surface area contributed by atoms with Gasteiger partial charge in [0.05, 0.1) is 6.33 Å². The number of amides is 1. The Morgan fingerprint density at radius 1 is 1.14 bits per heavy atom. The van der Waals surface area contributed by atoms with E-state index in [9.17, 15) is 14.4 Å². The number of imidazole rings is 1. The van der Waals surface area contributed by atoms with E-state index in [0.29, 0.717) is 18.7 Å². The SMILES string of the molecule is Cn1c(=O)c2c(ncn2CC(=O)N2CCN(Cc3cccs3)CC2)n(C)c1=O. The zero-order valence-corrected chi connectivity index (χ0v) is 16.7. The van der Waals surface area contributed by atoms with Crippen molar-refractivity contribution in [2.75, 3.05) is 26.2 Å². The lowest BCUT2D eigenvalue weighted by molar-refractivity contribution is -0.133. The lowest BCUT2D eigenvalue weighted by Crippen LogP contribution is -2.49. The van der Waals surface area contributed by atoms with Gasteiger partial charge in [0.2, 0.25) is 5.91 Å². The van der Waals surface area contributed by atoms with Gasteiger partial charge in [-0.05, 0) is 11.4 Å². The van der Waals surface area contributed by atoms with E-state index in [2.05, 4.69) is 27.4 Å². The van der Waals surface area contributed by atoms with E-state index in [-0.39, 0.29) is 18.0 Å². The number of carbonyl (C=O) groups is 1. The van der Waals surface area contributed by atoms with Crippen LogP contribution in [0, 0.1) is 0 Å². The lowest BCUT2D eigenvalue weighted by Gasteiger charge is -2.34. The number of carbonyl (C=O) groups excluding carboxylic acids is 1. The third kappa shape index (κ3) is 3.29. The van der Waals surface area contributed by atoms with Gasteiger partial charge in [-0.2, -0.15) is 0 Å². The van der Waals surface area contributed by atoms with Crippen molar-refractivity contribution in [2.24, 2.45) is 14.1 Å². The molecule has 1 aliphatic rings. The molecule has 9 nitrogen and oxygen atoms in total. The molecule has 1 fully saturated rings. The minimum atomic E-state index is -0.441. The molecule has 4 heterocycles. The molecule has 148 valence electrons. The minimum Gasteiger partial charge on any atom is -0.339 e. The van der Waals surface area contributed by atoms with Gasteiger partial charge in [-0.1, -0.05) is 6.07 Å². The Labute approximate surface area is 165 Å². The number of rotatable bonds is 4. The number of fused-ring (bicyclic) bond motifs is 1. The van der Waals surface area contributed by atoms with Crippen LogP contribution >= 0.6 is 11.3 Å². The first-order valence-corrected chi connectivity index (χ1v) is 9.97. The van der Waals surface area contributed by atoms with Crippen molar-refractivity contribution in [3.8, 4) is 0 Å². The number of piperazine rings is 1. The minimum absolute atomic E-state index is 0.0366. The van der Waals surface area contributed by atoms with Gasteiger partial charge >= 0.3 is 5.69 Å². The third-order valence-corrected chi connectivity index (χ3v) is 6.07. The maximum atomic E-state index is 12.8. The monoisotopic (exact) mass is 402 g/mol. The second-order valence-electron chi connectivity index (χ2n) is 6.99. The van der Waals surface area contributed by atoms with Crippen molar-refractivity contribution in [3.05, 3.63) is 49.6 Å². The van der Waals surface area contributed by atoms with Gasteiger partial charge in [0, 0.05) is 51.7 Å². The molecular formula is C18H22N6O3S. The van der Waals surface area contributed by atoms with Crippen molar-refractivity contribution in [3.63, 3.8) is 0 Å². The zero-order chi connectivity index (χ0) is 19.8. The first kappa shape index (κ1) is 18.6. The quantitative estimate of drug-likeness (QED) is 0.605. The van der Waals surface area contributed by atoms with Crippen molar-refractivity contribution >= 4 is 28.4 Å². The summed E-state index contributed by atoms with van der Waals surface area (Å²) in [6.07, 6.45) is 1.45. The Kier molecular flexibility index (Phi) is 4.90. The molecule has 0 bridgehead atoms. The Hall–Kier alpha value is -2.72. The molecule has 0 atom stereocenters. The van der Waals surface area contributed by atoms with Crippen molar-refractivity contribution in [1.29, 1.82) is 0 Å². The Bertz CT molecular complexity index is 1120. The van der Waals surface area contributed by atoms with Crippen LogP contribution < -0.4 is 11.2 Å². The van der Waals surface area contributed by atoms with E-state index in [4.69, 9.17) is 0 Å². The molecule has 4 rings (SSSR count). The van der Waals surface area contributed by atoms with E-state index >= 15 is 0 Å². The van der Waals surface area contributed by atoms with Crippen LogP contribution in [0.1, 0.15) is 4.88 Å². The van der Waals surface area contributed by atoms with E-state index < -0.39 is 11.2 Å². The molecule has 0 saturated carbocycles. The summed E-state index contributed by atoms with van der Waals surface area (Å²) >= 11 is 1.74. The molecule has 1 amide bonds. The molecular weight excluding hydrogens is 380 g/mol. The number of thiophene rings is 1. The molecule has 0 N–H and O–H groups in total. The number of aromatic nitrogens is 4.